The van der Waals surface area contributed by atoms with Gasteiger partial charge in [-0.3, -0.25) is 4.79 Å². The van der Waals surface area contributed by atoms with Crippen molar-refractivity contribution in [1.82, 2.24) is 0 Å². The van der Waals surface area contributed by atoms with Crippen LogP contribution < -0.4 is 0 Å². The average Bonchev–Trinajstić information content (AvgIpc) is 2.16. The van der Waals surface area contributed by atoms with Crippen molar-refractivity contribution in [3.05, 3.63) is 0 Å². The quantitative estimate of drug-likeness (QED) is 0.396. The van der Waals surface area contributed by atoms with Gasteiger partial charge in [-0.25, -0.2) is 4.79 Å². The Balaban J connectivity index is 3.13. The zero-order chi connectivity index (χ0) is 10.8. The van der Waals surface area contributed by atoms with Gasteiger partial charge in [-0.1, -0.05) is 41.6 Å². The zero-order valence-corrected chi connectivity index (χ0v) is 9.88. The van der Waals surface area contributed by atoms with Gasteiger partial charge in [-0.2, -0.15) is 0 Å². The lowest BCUT2D eigenvalue weighted by atomic mass is 10.1. The van der Waals surface area contributed by atoms with E-state index in [9.17, 15) is 9.59 Å². The van der Waals surface area contributed by atoms with Crippen LogP contribution in [-0.4, -0.2) is 22.2 Å². The highest BCUT2D eigenvalue weighted by Crippen LogP contribution is 2.08. The van der Waals surface area contributed by atoms with Crippen molar-refractivity contribution < 1.29 is 14.7 Å². The fourth-order valence-electron chi connectivity index (χ4n) is 1.19. The van der Waals surface area contributed by atoms with E-state index in [1.807, 2.05) is 0 Å². The number of alkyl halides is 1. The zero-order valence-electron chi connectivity index (χ0n) is 8.30. The molecule has 0 spiro atoms. The van der Waals surface area contributed by atoms with Gasteiger partial charge in [-0.15, -0.1) is 0 Å². The van der Waals surface area contributed by atoms with Gasteiger partial charge in [0.05, 0.1) is 0 Å². The van der Waals surface area contributed by atoms with Crippen LogP contribution in [0.1, 0.15) is 44.9 Å². The highest BCUT2D eigenvalue weighted by molar-refractivity contribution is 9.09. The van der Waals surface area contributed by atoms with Gasteiger partial charge in [-0.05, 0) is 12.8 Å². The molecule has 0 fully saturated rings. The smallest absolute Gasteiger partial charge is 0.372 e. The minimum atomic E-state index is -1.30. The third-order valence-corrected chi connectivity index (χ3v) is 2.59. The van der Waals surface area contributed by atoms with E-state index >= 15 is 0 Å². The van der Waals surface area contributed by atoms with Crippen molar-refractivity contribution in [2.24, 2.45) is 0 Å². The molecule has 0 amide bonds. The van der Waals surface area contributed by atoms with Crippen LogP contribution in [0, 0.1) is 0 Å². The van der Waals surface area contributed by atoms with E-state index in [4.69, 9.17) is 5.11 Å². The van der Waals surface area contributed by atoms with E-state index in [0.29, 0.717) is 6.42 Å². The molecule has 0 aromatic heterocycles. The normalized spacial score (nSPS) is 10.1. The maximum absolute atomic E-state index is 10.7. The molecule has 0 unspecified atom stereocenters. The second-order valence-corrected chi connectivity index (χ2v) is 4.08. The monoisotopic (exact) mass is 264 g/mol. The van der Waals surface area contributed by atoms with Gasteiger partial charge < -0.3 is 5.11 Å². The van der Waals surface area contributed by atoms with Crippen molar-refractivity contribution in [3.63, 3.8) is 0 Å². The number of hydrogen-bond acceptors (Lipinski definition) is 2. The maximum atomic E-state index is 10.7. The lowest BCUT2D eigenvalue weighted by Gasteiger charge is -1.98. The average molecular weight is 265 g/mol. The summed E-state index contributed by atoms with van der Waals surface area (Å²) in [6, 6.07) is 0. The lowest BCUT2D eigenvalue weighted by molar-refractivity contribution is -0.149. The number of rotatable bonds is 9. The molecule has 0 aromatic rings. The minimum Gasteiger partial charge on any atom is -0.476 e. The number of hydrogen-bond donors (Lipinski definition) is 1. The van der Waals surface area contributed by atoms with Crippen molar-refractivity contribution in [1.29, 1.82) is 0 Å². The molecule has 14 heavy (non-hydrogen) atoms. The topological polar surface area (TPSA) is 54.4 Å². The SMILES string of the molecule is O=C(O)C(=O)CCCCCCCCBr. The number of aliphatic carboxylic acids is 1. The molecule has 1 N–H and O–H groups in total. The van der Waals surface area contributed by atoms with E-state index in [-0.39, 0.29) is 6.42 Å². The molecule has 4 heteroatoms. The predicted molar refractivity (Wildman–Crippen MR) is 58.8 cm³/mol. The van der Waals surface area contributed by atoms with Crippen LogP contribution in [0.25, 0.3) is 0 Å². The van der Waals surface area contributed by atoms with Crippen LogP contribution in [0.4, 0.5) is 0 Å². The summed E-state index contributed by atoms with van der Waals surface area (Å²) in [6.45, 7) is 0. The summed E-state index contributed by atoms with van der Waals surface area (Å²) in [5.74, 6) is -1.96. The predicted octanol–water partition coefficient (Wildman–Crippen LogP) is 2.77. The van der Waals surface area contributed by atoms with Crippen molar-refractivity contribution in [2.45, 2.75) is 44.9 Å². The first-order valence-corrected chi connectivity index (χ1v) is 6.12. The molecule has 0 heterocycles. The Morgan fingerprint density at radius 3 is 1.93 bits per heavy atom. The third-order valence-electron chi connectivity index (χ3n) is 2.03. The molecule has 0 aliphatic carbocycles. The minimum absolute atomic E-state index is 0.188. The molecule has 0 saturated carbocycles. The Bertz CT molecular complexity index is 180. The highest BCUT2D eigenvalue weighted by Gasteiger charge is 2.09. The fourth-order valence-corrected chi connectivity index (χ4v) is 1.59. The number of halogens is 1. The van der Waals surface area contributed by atoms with Gasteiger partial charge in [0.1, 0.15) is 0 Å². The van der Waals surface area contributed by atoms with Crippen molar-refractivity contribution in [3.8, 4) is 0 Å². The summed E-state index contributed by atoms with van der Waals surface area (Å²) in [5, 5.41) is 9.35. The van der Waals surface area contributed by atoms with E-state index in [0.717, 1.165) is 18.2 Å². The number of Topliss-reactive ketones (excluding diaryl/α,β-unsaturated/α-hetero) is 1. The van der Waals surface area contributed by atoms with Crippen LogP contribution in [0.3, 0.4) is 0 Å². The van der Waals surface area contributed by atoms with Gasteiger partial charge in [0.15, 0.2) is 0 Å². The molecule has 0 aromatic carbocycles. The second-order valence-electron chi connectivity index (χ2n) is 3.29. The fraction of sp³-hybridized carbons (Fsp3) is 0.800. The maximum Gasteiger partial charge on any atom is 0.372 e. The molecule has 0 atom stereocenters. The molecule has 0 aliphatic rings. The standard InChI is InChI=1S/C10H17BrO3/c11-8-6-4-2-1-3-5-7-9(12)10(13)14/h1-8H2,(H,13,14). The molecule has 0 aliphatic heterocycles. The number of carboxylic acid groups (broad SMARTS) is 1. The Morgan fingerprint density at radius 1 is 0.929 bits per heavy atom. The first-order chi connectivity index (χ1) is 6.68. The van der Waals surface area contributed by atoms with Crippen LogP contribution >= 0.6 is 15.9 Å². The van der Waals surface area contributed by atoms with Gasteiger partial charge in [0.2, 0.25) is 5.78 Å². The largest absolute Gasteiger partial charge is 0.476 e. The van der Waals surface area contributed by atoms with Crippen molar-refractivity contribution in [2.75, 3.05) is 5.33 Å². The molecule has 0 radical (unpaired) electrons. The summed E-state index contributed by atoms with van der Waals surface area (Å²) in [6.07, 6.45) is 6.52. The molecule has 0 rings (SSSR count). The van der Waals surface area contributed by atoms with E-state index in [2.05, 4.69) is 15.9 Å². The van der Waals surface area contributed by atoms with Crippen molar-refractivity contribution >= 4 is 27.7 Å². The Labute approximate surface area is 93.0 Å². The number of carbonyl (C=O) groups is 2. The summed E-state index contributed by atoms with van der Waals surface area (Å²) >= 11 is 3.36. The van der Waals surface area contributed by atoms with Crippen LogP contribution in [-0.2, 0) is 9.59 Å². The molecular formula is C10H17BrO3. The van der Waals surface area contributed by atoms with Gasteiger partial charge >= 0.3 is 5.97 Å². The Morgan fingerprint density at radius 2 is 1.43 bits per heavy atom. The molecular weight excluding hydrogens is 248 g/mol. The first kappa shape index (κ1) is 13.6. The van der Waals surface area contributed by atoms with E-state index in [1.165, 1.54) is 19.3 Å². The first-order valence-electron chi connectivity index (χ1n) is 5.00. The van der Waals surface area contributed by atoms with Crippen LogP contribution in [0.15, 0.2) is 0 Å². The molecule has 0 bridgehead atoms. The number of ketones is 1. The number of carboxylic acids is 1. The van der Waals surface area contributed by atoms with E-state index < -0.39 is 11.8 Å². The number of carbonyl (C=O) groups excluding carboxylic acids is 1. The summed E-state index contributed by atoms with van der Waals surface area (Å²) in [5.41, 5.74) is 0. The summed E-state index contributed by atoms with van der Waals surface area (Å²) in [4.78, 5) is 20.8. The Kier molecular flexibility index (Phi) is 8.94. The van der Waals surface area contributed by atoms with E-state index in [1.54, 1.807) is 0 Å². The molecule has 0 saturated heterocycles. The number of unbranched alkanes of at least 4 members (excludes halogenated alkanes) is 5. The van der Waals surface area contributed by atoms with Crippen LogP contribution in [0.2, 0.25) is 0 Å². The third kappa shape index (κ3) is 8.23. The van der Waals surface area contributed by atoms with Gasteiger partial charge in [0.25, 0.3) is 0 Å². The second kappa shape index (κ2) is 9.19. The summed E-state index contributed by atoms with van der Waals surface area (Å²) in [7, 11) is 0. The lowest BCUT2D eigenvalue weighted by Crippen LogP contribution is -2.11. The highest BCUT2D eigenvalue weighted by atomic mass is 79.9. The van der Waals surface area contributed by atoms with Crippen LogP contribution in [0.5, 0.6) is 0 Å². The molecule has 3 nitrogen and oxygen atoms in total. The van der Waals surface area contributed by atoms with Gasteiger partial charge in [0, 0.05) is 11.8 Å². The Hall–Kier alpha value is -0.380. The summed E-state index contributed by atoms with van der Waals surface area (Å²) < 4.78 is 0. The molecule has 82 valence electrons.